The Morgan fingerprint density at radius 3 is 2.33 bits per heavy atom. The lowest BCUT2D eigenvalue weighted by Crippen LogP contribution is -2.37. The second kappa shape index (κ2) is 12.5. The third-order valence-corrected chi connectivity index (χ3v) is 5.12. The van der Waals surface area contributed by atoms with Gasteiger partial charge >= 0.3 is 0 Å². The summed E-state index contributed by atoms with van der Waals surface area (Å²) in [5.74, 6) is 0.818. The Morgan fingerprint density at radius 1 is 0.900 bits per heavy atom. The van der Waals surface area contributed by atoms with E-state index in [2.05, 4.69) is 6.08 Å². The van der Waals surface area contributed by atoms with Gasteiger partial charge in [-0.25, -0.2) is 0 Å². The average Bonchev–Trinajstić information content (AvgIpc) is 2.86. The van der Waals surface area contributed by atoms with E-state index in [1.54, 1.807) is 7.11 Å². The Kier molecular flexibility index (Phi) is 9.38. The second-order valence-electron chi connectivity index (χ2n) is 7.51. The summed E-state index contributed by atoms with van der Waals surface area (Å²) in [6, 6.07) is 17.9. The molecular formula is C25H32O5. The molecule has 0 unspecified atom stereocenters. The number of allylic oxidation sites excluding steroid dienone is 1. The van der Waals surface area contributed by atoms with Crippen LogP contribution in [-0.2, 0) is 27.4 Å². The van der Waals surface area contributed by atoms with Gasteiger partial charge in [0.15, 0.2) is 0 Å². The van der Waals surface area contributed by atoms with Crippen LogP contribution in [0.15, 0.2) is 66.7 Å². The van der Waals surface area contributed by atoms with Gasteiger partial charge in [-0.3, -0.25) is 0 Å². The molecule has 0 spiro atoms. The molecule has 0 saturated carbocycles. The highest BCUT2D eigenvalue weighted by Gasteiger charge is 2.24. The molecule has 0 bridgehead atoms. The number of ether oxygens (including phenoxy) is 4. The molecule has 5 heteroatoms. The van der Waals surface area contributed by atoms with Gasteiger partial charge < -0.3 is 24.1 Å². The largest absolute Gasteiger partial charge is 0.497 e. The van der Waals surface area contributed by atoms with Crippen molar-refractivity contribution in [1.29, 1.82) is 0 Å². The van der Waals surface area contributed by atoms with Crippen molar-refractivity contribution >= 4 is 0 Å². The molecule has 5 nitrogen and oxygen atoms in total. The topological polar surface area (TPSA) is 57.2 Å². The van der Waals surface area contributed by atoms with E-state index >= 15 is 0 Å². The van der Waals surface area contributed by atoms with Crippen LogP contribution in [-0.4, -0.2) is 43.7 Å². The standard InChI is InChI=1S/C25H32O5/c1-27-22-14-12-21(13-15-22)17-29-19-25-24(26)11-7-3-6-10-23(30-25)18-28-16-20-8-4-2-5-9-20/h2-5,7-9,12-15,23-26H,6,10-11,16-19H2,1H3/b7-3-/t23-,24+,25-/m0/s1. The first-order valence-corrected chi connectivity index (χ1v) is 10.6. The number of rotatable bonds is 9. The number of methoxy groups -OCH3 is 1. The first-order chi connectivity index (χ1) is 14.7. The summed E-state index contributed by atoms with van der Waals surface area (Å²) in [5.41, 5.74) is 2.19. The maximum Gasteiger partial charge on any atom is 0.118 e. The normalized spacial score (nSPS) is 23.2. The summed E-state index contributed by atoms with van der Waals surface area (Å²) < 4.78 is 23.2. The third kappa shape index (κ3) is 7.58. The van der Waals surface area contributed by atoms with E-state index in [9.17, 15) is 5.11 Å². The van der Waals surface area contributed by atoms with Crippen LogP contribution in [0, 0.1) is 0 Å². The van der Waals surface area contributed by atoms with Crippen LogP contribution < -0.4 is 4.74 Å². The van der Waals surface area contributed by atoms with Crippen molar-refractivity contribution in [3.8, 4) is 5.75 Å². The summed E-state index contributed by atoms with van der Waals surface area (Å²) in [4.78, 5) is 0. The van der Waals surface area contributed by atoms with Crippen molar-refractivity contribution in [3.63, 3.8) is 0 Å². The number of benzene rings is 2. The summed E-state index contributed by atoms with van der Waals surface area (Å²) in [7, 11) is 1.65. The van der Waals surface area contributed by atoms with Gasteiger partial charge in [0, 0.05) is 0 Å². The zero-order chi connectivity index (χ0) is 21.0. The molecule has 1 aliphatic rings. The molecule has 162 valence electrons. The molecule has 1 aliphatic heterocycles. The summed E-state index contributed by atoms with van der Waals surface area (Å²) in [6.07, 6.45) is 5.38. The molecule has 1 heterocycles. The Morgan fingerprint density at radius 2 is 1.60 bits per heavy atom. The predicted molar refractivity (Wildman–Crippen MR) is 116 cm³/mol. The zero-order valence-corrected chi connectivity index (χ0v) is 17.6. The average molecular weight is 413 g/mol. The minimum atomic E-state index is -0.605. The Balaban J connectivity index is 1.50. The van der Waals surface area contributed by atoms with Crippen molar-refractivity contribution in [2.45, 2.75) is 50.8 Å². The van der Waals surface area contributed by atoms with Gasteiger partial charge in [0.25, 0.3) is 0 Å². The van der Waals surface area contributed by atoms with Gasteiger partial charge in [0.2, 0.25) is 0 Å². The smallest absolute Gasteiger partial charge is 0.118 e. The Hall–Kier alpha value is -2.18. The molecule has 30 heavy (non-hydrogen) atoms. The molecule has 0 radical (unpaired) electrons. The minimum absolute atomic E-state index is 0.0827. The van der Waals surface area contributed by atoms with Crippen LogP contribution in [0.25, 0.3) is 0 Å². The number of hydrogen-bond donors (Lipinski definition) is 1. The van der Waals surface area contributed by atoms with E-state index in [-0.39, 0.29) is 6.10 Å². The van der Waals surface area contributed by atoms with Gasteiger partial charge in [-0.05, 0) is 42.5 Å². The monoisotopic (exact) mass is 412 g/mol. The van der Waals surface area contributed by atoms with Gasteiger partial charge in [0.05, 0.1) is 45.7 Å². The van der Waals surface area contributed by atoms with Crippen LogP contribution in [0.1, 0.15) is 30.4 Å². The SMILES string of the molecule is COc1ccc(COC[C@@H]2O[C@H](COCc3ccccc3)CC/C=C\C[C@H]2O)cc1. The zero-order valence-electron chi connectivity index (χ0n) is 17.6. The van der Waals surface area contributed by atoms with Gasteiger partial charge in [0.1, 0.15) is 11.9 Å². The van der Waals surface area contributed by atoms with Gasteiger partial charge in [-0.2, -0.15) is 0 Å². The fraction of sp³-hybridized carbons (Fsp3) is 0.440. The molecule has 2 aromatic rings. The van der Waals surface area contributed by atoms with E-state index in [0.29, 0.717) is 32.8 Å². The minimum Gasteiger partial charge on any atom is -0.497 e. The highest BCUT2D eigenvalue weighted by Crippen LogP contribution is 2.18. The summed E-state index contributed by atoms with van der Waals surface area (Å²) in [5, 5.41) is 10.6. The van der Waals surface area contributed by atoms with E-state index in [0.717, 1.165) is 29.7 Å². The molecule has 3 rings (SSSR count). The first kappa shape index (κ1) is 22.5. The lowest BCUT2D eigenvalue weighted by molar-refractivity contribution is -0.130. The molecule has 0 aliphatic carbocycles. The maximum absolute atomic E-state index is 10.6. The van der Waals surface area contributed by atoms with Crippen LogP contribution >= 0.6 is 0 Å². The maximum atomic E-state index is 10.6. The summed E-state index contributed by atoms with van der Waals surface area (Å²) >= 11 is 0. The first-order valence-electron chi connectivity index (χ1n) is 10.6. The third-order valence-electron chi connectivity index (χ3n) is 5.12. The fourth-order valence-corrected chi connectivity index (χ4v) is 3.36. The Labute approximate surface area is 179 Å². The second-order valence-corrected chi connectivity index (χ2v) is 7.51. The van der Waals surface area contributed by atoms with E-state index < -0.39 is 12.2 Å². The lowest BCUT2D eigenvalue weighted by Gasteiger charge is -2.27. The van der Waals surface area contributed by atoms with Crippen molar-refractivity contribution in [3.05, 3.63) is 77.9 Å². The van der Waals surface area contributed by atoms with Crippen molar-refractivity contribution in [1.82, 2.24) is 0 Å². The molecule has 0 amide bonds. The molecular weight excluding hydrogens is 380 g/mol. The molecule has 1 N–H and O–H groups in total. The van der Waals surface area contributed by atoms with Crippen LogP contribution in [0.3, 0.4) is 0 Å². The van der Waals surface area contributed by atoms with Gasteiger partial charge in [-0.15, -0.1) is 0 Å². The van der Waals surface area contributed by atoms with Crippen molar-refractivity contribution in [2.75, 3.05) is 20.3 Å². The molecule has 2 aromatic carbocycles. The number of hydrogen-bond acceptors (Lipinski definition) is 5. The highest BCUT2D eigenvalue weighted by molar-refractivity contribution is 5.26. The molecule has 3 atom stereocenters. The van der Waals surface area contributed by atoms with E-state index in [1.165, 1.54) is 0 Å². The van der Waals surface area contributed by atoms with Crippen molar-refractivity contribution < 1.29 is 24.1 Å². The van der Waals surface area contributed by atoms with Gasteiger partial charge in [-0.1, -0.05) is 54.6 Å². The van der Waals surface area contributed by atoms with Crippen LogP contribution in [0.5, 0.6) is 5.75 Å². The molecule has 0 fully saturated rings. The van der Waals surface area contributed by atoms with Crippen LogP contribution in [0.4, 0.5) is 0 Å². The van der Waals surface area contributed by atoms with Crippen LogP contribution in [0.2, 0.25) is 0 Å². The molecule has 0 aromatic heterocycles. The Bertz CT molecular complexity index is 744. The summed E-state index contributed by atoms with van der Waals surface area (Å²) in [6.45, 7) is 1.83. The molecule has 0 saturated heterocycles. The van der Waals surface area contributed by atoms with Crippen molar-refractivity contribution in [2.24, 2.45) is 0 Å². The number of aliphatic hydroxyl groups is 1. The van der Waals surface area contributed by atoms with E-state index in [1.807, 2.05) is 60.7 Å². The highest BCUT2D eigenvalue weighted by atomic mass is 16.6. The fourth-order valence-electron chi connectivity index (χ4n) is 3.36. The quantitative estimate of drug-likeness (QED) is 0.623. The predicted octanol–water partition coefficient (Wildman–Crippen LogP) is 4.28. The number of aliphatic hydroxyl groups excluding tert-OH is 1. The lowest BCUT2D eigenvalue weighted by atomic mass is 10.1. The van der Waals surface area contributed by atoms with E-state index in [4.69, 9.17) is 18.9 Å².